The molecule has 0 spiro atoms. The van der Waals surface area contributed by atoms with Crippen LogP contribution >= 0.6 is 15.9 Å². The Labute approximate surface area is 91.7 Å². The molecule has 0 amide bonds. The molecule has 3 heteroatoms. The van der Waals surface area contributed by atoms with Gasteiger partial charge in [0.2, 0.25) is 0 Å². The summed E-state index contributed by atoms with van der Waals surface area (Å²) in [5.74, 6) is 0. The van der Waals surface area contributed by atoms with Gasteiger partial charge in [-0.25, -0.2) is 0 Å². The van der Waals surface area contributed by atoms with Gasteiger partial charge in [0.25, 0.3) is 0 Å². The molecular formula is C11H11BrN2. The first-order valence-electron chi connectivity index (χ1n) is 4.47. The van der Waals surface area contributed by atoms with Crippen molar-refractivity contribution in [1.29, 1.82) is 0 Å². The number of aryl methyl sites for hydroxylation is 1. The summed E-state index contributed by atoms with van der Waals surface area (Å²) in [6.07, 6.45) is 2.75. The van der Waals surface area contributed by atoms with Gasteiger partial charge in [-0.05, 0) is 21.5 Å². The van der Waals surface area contributed by atoms with Crippen LogP contribution in [0.1, 0.15) is 11.3 Å². The lowest BCUT2D eigenvalue weighted by atomic mass is 10.1. The highest BCUT2D eigenvalue weighted by Gasteiger charge is 2.05. The van der Waals surface area contributed by atoms with Crippen LogP contribution in [0.5, 0.6) is 0 Å². The van der Waals surface area contributed by atoms with E-state index in [2.05, 4.69) is 45.3 Å². The van der Waals surface area contributed by atoms with Crippen LogP contribution in [0, 0.1) is 0 Å². The zero-order valence-electron chi connectivity index (χ0n) is 7.94. The van der Waals surface area contributed by atoms with Crippen LogP contribution in [-0.4, -0.2) is 9.78 Å². The van der Waals surface area contributed by atoms with Gasteiger partial charge in [-0.2, -0.15) is 5.10 Å². The summed E-state index contributed by atoms with van der Waals surface area (Å²) < 4.78 is 2.97. The molecule has 2 rings (SSSR count). The fourth-order valence-corrected chi connectivity index (χ4v) is 1.91. The van der Waals surface area contributed by atoms with E-state index in [1.807, 2.05) is 24.0 Å². The second kappa shape index (κ2) is 3.96. The van der Waals surface area contributed by atoms with Crippen LogP contribution in [-0.2, 0) is 13.5 Å². The smallest absolute Gasteiger partial charge is 0.0635 e. The van der Waals surface area contributed by atoms with Gasteiger partial charge in [0, 0.05) is 13.5 Å². The van der Waals surface area contributed by atoms with Gasteiger partial charge in [0.1, 0.15) is 0 Å². The normalized spacial score (nSPS) is 10.4. The van der Waals surface area contributed by atoms with Crippen molar-refractivity contribution < 1.29 is 0 Å². The molecule has 0 aliphatic heterocycles. The lowest BCUT2D eigenvalue weighted by molar-refractivity contribution is 0.723. The molecule has 0 aliphatic rings. The zero-order chi connectivity index (χ0) is 9.97. The van der Waals surface area contributed by atoms with Crippen molar-refractivity contribution >= 4 is 15.9 Å². The molecule has 1 aromatic heterocycles. The molecule has 0 fully saturated rings. The van der Waals surface area contributed by atoms with E-state index < -0.39 is 0 Å². The van der Waals surface area contributed by atoms with Crippen LogP contribution in [0.25, 0.3) is 0 Å². The highest BCUT2D eigenvalue weighted by atomic mass is 79.9. The van der Waals surface area contributed by atoms with E-state index in [1.54, 1.807) is 0 Å². The van der Waals surface area contributed by atoms with Crippen molar-refractivity contribution in [2.45, 2.75) is 6.42 Å². The Morgan fingerprint density at radius 1 is 1.29 bits per heavy atom. The molecule has 0 saturated carbocycles. The molecular weight excluding hydrogens is 240 g/mol. The summed E-state index contributed by atoms with van der Waals surface area (Å²) in [5, 5.41) is 4.18. The molecule has 0 unspecified atom stereocenters. The van der Waals surface area contributed by atoms with E-state index >= 15 is 0 Å². The fourth-order valence-electron chi connectivity index (χ4n) is 1.42. The summed E-state index contributed by atoms with van der Waals surface area (Å²) >= 11 is 3.49. The van der Waals surface area contributed by atoms with Crippen LogP contribution in [0.3, 0.4) is 0 Å². The highest BCUT2D eigenvalue weighted by molar-refractivity contribution is 9.10. The average Bonchev–Trinajstić information content (AvgIpc) is 2.51. The monoisotopic (exact) mass is 250 g/mol. The number of hydrogen-bond acceptors (Lipinski definition) is 1. The number of hydrogen-bond donors (Lipinski definition) is 0. The molecule has 2 nitrogen and oxygen atoms in total. The highest BCUT2D eigenvalue weighted by Crippen LogP contribution is 2.18. The van der Waals surface area contributed by atoms with Gasteiger partial charge in [-0.1, -0.05) is 30.3 Å². The Hall–Kier alpha value is -1.09. The Morgan fingerprint density at radius 3 is 2.57 bits per heavy atom. The van der Waals surface area contributed by atoms with Gasteiger partial charge in [0.05, 0.1) is 16.4 Å². The Bertz CT molecular complexity index is 401. The van der Waals surface area contributed by atoms with Crippen LogP contribution in [0.4, 0.5) is 0 Å². The maximum absolute atomic E-state index is 4.18. The third-order valence-electron chi connectivity index (χ3n) is 2.22. The zero-order valence-corrected chi connectivity index (χ0v) is 9.53. The number of aromatic nitrogens is 2. The molecule has 0 N–H and O–H groups in total. The number of benzene rings is 1. The van der Waals surface area contributed by atoms with Gasteiger partial charge in [-0.3, -0.25) is 4.68 Å². The SMILES string of the molecule is Cn1ncc(Br)c1Cc1ccccc1. The van der Waals surface area contributed by atoms with Gasteiger partial charge < -0.3 is 0 Å². The first-order chi connectivity index (χ1) is 6.77. The van der Waals surface area contributed by atoms with Crippen LogP contribution < -0.4 is 0 Å². The first kappa shape index (κ1) is 9.46. The van der Waals surface area contributed by atoms with Gasteiger partial charge in [-0.15, -0.1) is 0 Å². The van der Waals surface area contributed by atoms with Crippen molar-refractivity contribution in [3.63, 3.8) is 0 Å². The van der Waals surface area contributed by atoms with E-state index in [-0.39, 0.29) is 0 Å². The molecule has 0 atom stereocenters. The third-order valence-corrected chi connectivity index (χ3v) is 2.89. The fraction of sp³-hybridized carbons (Fsp3) is 0.182. The summed E-state index contributed by atoms with van der Waals surface area (Å²) in [4.78, 5) is 0. The molecule has 1 heterocycles. The van der Waals surface area contributed by atoms with Crippen molar-refractivity contribution in [2.75, 3.05) is 0 Å². The van der Waals surface area contributed by atoms with Gasteiger partial charge in [0.15, 0.2) is 0 Å². The number of nitrogens with zero attached hydrogens (tertiary/aromatic N) is 2. The Morgan fingerprint density at radius 2 is 2.00 bits per heavy atom. The van der Waals surface area contributed by atoms with E-state index in [0.717, 1.165) is 10.9 Å². The summed E-state index contributed by atoms with van der Waals surface area (Å²) in [5.41, 5.74) is 2.51. The first-order valence-corrected chi connectivity index (χ1v) is 5.27. The lowest BCUT2D eigenvalue weighted by Crippen LogP contribution is -1.99. The standard InChI is InChI=1S/C11H11BrN2/c1-14-11(10(12)8-13-14)7-9-5-3-2-4-6-9/h2-6,8H,7H2,1H3. The summed E-state index contributed by atoms with van der Waals surface area (Å²) in [7, 11) is 1.96. The minimum Gasteiger partial charge on any atom is -0.271 e. The van der Waals surface area contributed by atoms with Crippen molar-refractivity contribution in [2.24, 2.45) is 7.05 Å². The van der Waals surface area contributed by atoms with Crippen LogP contribution in [0.2, 0.25) is 0 Å². The van der Waals surface area contributed by atoms with E-state index in [0.29, 0.717) is 0 Å². The van der Waals surface area contributed by atoms with Crippen LogP contribution in [0.15, 0.2) is 41.0 Å². The quantitative estimate of drug-likeness (QED) is 0.802. The Kier molecular flexibility index (Phi) is 2.68. The summed E-state index contributed by atoms with van der Waals surface area (Å²) in [6.45, 7) is 0. The molecule has 0 bridgehead atoms. The molecule has 0 aliphatic carbocycles. The number of rotatable bonds is 2. The van der Waals surface area contributed by atoms with Gasteiger partial charge >= 0.3 is 0 Å². The maximum atomic E-state index is 4.18. The molecule has 2 aromatic rings. The van der Waals surface area contributed by atoms with Crippen molar-refractivity contribution in [1.82, 2.24) is 9.78 Å². The molecule has 0 radical (unpaired) electrons. The molecule has 72 valence electrons. The van der Waals surface area contributed by atoms with Crippen molar-refractivity contribution in [3.05, 3.63) is 52.3 Å². The lowest BCUT2D eigenvalue weighted by Gasteiger charge is -2.02. The maximum Gasteiger partial charge on any atom is 0.0635 e. The molecule has 14 heavy (non-hydrogen) atoms. The predicted octanol–water partition coefficient (Wildman–Crippen LogP) is 2.77. The third kappa shape index (κ3) is 1.87. The summed E-state index contributed by atoms with van der Waals surface area (Å²) in [6, 6.07) is 10.4. The minimum absolute atomic E-state index is 0.915. The van der Waals surface area contributed by atoms with E-state index in [4.69, 9.17) is 0 Å². The molecule has 0 saturated heterocycles. The average molecular weight is 251 g/mol. The second-order valence-electron chi connectivity index (χ2n) is 3.23. The minimum atomic E-state index is 0.915. The second-order valence-corrected chi connectivity index (χ2v) is 4.08. The van der Waals surface area contributed by atoms with Crippen molar-refractivity contribution in [3.8, 4) is 0 Å². The predicted molar refractivity (Wildman–Crippen MR) is 60.2 cm³/mol. The largest absolute Gasteiger partial charge is 0.271 e. The van der Waals surface area contributed by atoms with E-state index in [1.165, 1.54) is 11.3 Å². The topological polar surface area (TPSA) is 17.8 Å². The molecule has 1 aromatic carbocycles. The Balaban J connectivity index is 2.27. The number of halogens is 1. The van der Waals surface area contributed by atoms with E-state index in [9.17, 15) is 0 Å².